The zero-order chi connectivity index (χ0) is 13.6. The molecule has 0 saturated heterocycles. The number of nitrogen functional groups attached to an aromatic ring is 1. The van der Waals surface area contributed by atoms with E-state index in [0.29, 0.717) is 12.5 Å². The van der Waals surface area contributed by atoms with Gasteiger partial charge in [-0.15, -0.1) is 11.3 Å². The number of aromatic nitrogens is 5. The van der Waals surface area contributed by atoms with Crippen molar-refractivity contribution >= 4 is 28.4 Å². The lowest BCUT2D eigenvalue weighted by Gasteiger charge is -2.06. The summed E-state index contributed by atoms with van der Waals surface area (Å²) in [6.07, 6.45) is 1.89. The Kier molecular flexibility index (Phi) is 2.78. The smallest absolute Gasteiger partial charge is 0.202 e. The first-order valence-electron chi connectivity index (χ1n) is 6.20. The molecule has 19 heavy (non-hydrogen) atoms. The van der Waals surface area contributed by atoms with E-state index in [-0.39, 0.29) is 0 Å². The molecule has 7 heteroatoms. The molecule has 2 N–H and O–H groups in total. The Balaban J connectivity index is 2.14. The average Bonchev–Trinajstić information content (AvgIpc) is 3.00. The van der Waals surface area contributed by atoms with Gasteiger partial charge in [-0.1, -0.05) is 0 Å². The number of thiazole rings is 1. The highest BCUT2D eigenvalue weighted by Crippen LogP contribution is 2.23. The Morgan fingerprint density at radius 2 is 2.16 bits per heavy atom. The fraction of sp³-hybridized carbons (Fsp3) is 0.417. The maximum Gasteiger partial charge on any atom is 0.202 e. The number of hydrogen-bond donors (Lipinski definition) is 1. The lowest BCUT2D eigenvalue weighted by atomic mass is 10.4. The van der Waals surface area contributed by atoms with Gasteiger partial charge in [0.2, 0.25) is 5.95 Å². The van der Waals surface area contributed by atoms with E-state index in [0.717, 1.165) is 28.4 Å². The SMILES string of the molecule is CCn1nc(C)c2nc(N)n(Cc3cnc(C)s3)c21. The molecule has 0 aliphatic heterocycles. The summed E-state index contributed by atoms with van der Waals surface area (Å²) in [7, 11) is 0. The number of nitrogens with zero attached hydrogens (tertiary/aromatic N) is 5. The number of rotatable bonds is 3. The van der Waals surface area contributed by atoms with Crippen molar-refractivity contribution in [2.24, 2.45) is 0 Å². The molecule has 0 unspecified atom stereocenters. The number of fused-ring (bicyclic) bond motifs is 1. The molecule has 0 bridgehead atoms. The van der Waals surface area contributed by atoms with E-state index in [1.807, 2.05) is 29.3 Å². The van der Waals surface area contributed by atoms with Gasteiger partial charge in [0.1, 0.15) is 5.52 Å². The highest BCUT2D eigenvalue weighted by molar-refractivity contribution is 7.11. The molecule has 0 spiro atoms. The van der Waals surface area contributed by atoms with Crippen molar-refractivity contribution in [3.63, 3.8) is 0 Å². The average molecular weight is 276 g/mol. The van der Waals surface area contributed by atoms with Gasteiger partial charge in [0.15, 0.2) is 5.65 Å². The number of hydrogen-bond acceptors (Lipinski definition) is 5. The van der Waals surface area contributed by atoms with Crippen LogP contribution in [0.5, 0.6) is 0 Å². The minimum atomic E-state index is 0.531. The summed E-state index contributed by atoms with van der Waals surface area (Å²) in [5.41, 5.74) is 8.84. The van der Waals surface area contributed by atoms with Gasteiger partial charge in [0.05, 0.1) is 17.2 Å². The van der Waals surface area contributed by atoms with Gasteiger partial charge < -0.3 is 5.73 Å². The minimum Gasteiger partial charge on any atom is -0.369 e. The van der Waals surface area contributed by atoms with Gasteiger partial charge in [-0.2, -0.15) is 5.10 Å². The topological polar surface area (TPSA) is 74.6 Å². The molecule has 0 aliphatic rings. The molecule has 3 aromatic heterocycles. The van der Waals surface area contributed by atoms with Crippen LogP contribution in [-0.4, -0.2) is 24.3 Å². The number of nitrogens with two attached hydrogens (primary N) is 1. The van der Waals surface area contributed by atoms with Gasteiger partial charge in [0, 0.05) is 17.6 Å². The molecule has 0 fully saturated rings. The number of aryl methyl sites for hydroxylation is 3. The van der Waals surface area contributed by atoms with Crippen molar-refractivity contribution in [1.82, 2.24) is 24.3 Å². The van der Waals surface area contributed by atoms with Crippen LogP contribution in [0, 0.1) is 13.8 Å². The first kappa shape index (κ1) is 12.2. The Bertz CT molecular complexity index is 735. The van der Waals surface area contributed by atoms with Crippen LogP contribution in [0.25, 0.3) is 11.2 Å². The summed E-state index contributed by atoms with van der Waals surface area (Å²) in [5.74, 6) is 0.531. The Morgan fingerprint density at radius 3 is 2.79 bits per heavy atom. The maximum absolute atomic E-state index is 6.04. The van der Waals surface area contributed by atoms with Crippen LogP contribution >= 0.6 is 11.3 Å². The molecule has 3 aromatic rings. The Morgan fingerprint density at radius 1 is 1.37 bits per heavy atom. The third-order valence-corrected chi connectivity index (χ3v) is 4.01. The molecule has 0 aliphatic carbocycles. The molecule has 0 amide bonds. The van der Waals surface area contributed by atoms with E-state index in [2.05, 4.69) is 22.0 Å². The monoisotopic (exact) mass is 276 g/mol. The van der Waals surface area contributed by atoms with Gasteiger partial charge in [-0.3, -0.25) is 4.57 Å². The third kappa shape index (κ3) is 1.90. The highest BCUT2D eigenvalue weighted by atomic mass is 32.1. The van der Waals surface area contributed by atoms with Crippen molar-refractivity contribution in [3.8, 4) is 0 Å². The lowest BCUT2D eigenvalue weighted by molar-refractivity contribution is 0.649. The lowest BCUT2D eigenvalue weighted by Crippen LogP contribution is -2.08. The van der Waals surface area contributed by atoms with E-state index in [1.165, 1.54) is 4.88 Å². The highest BCUT2D eigenvalue weighted by Gasteiger charge is 2.17. The first-order chi connectivity index (χ1) is 9.10. The summed E-state index contributed by atoms with van der Waals surface area (Å²) in [6, 6.07) is 0. The molecular formula is C12H16N6S. The van der Waals surface area contributed by atoms with E-state index in [1.54, 1.807) is 11.3 Å². The maximum atomic E-state index is 6.04. The van der Waals surface area contributed by atoms with Crippen LogP contribution in [0.15, 0.2) is 6.20 Å². The normalized spacial score (nSPS) is 11.5. The molecule has 3 rings (SSSR count). The summed E-state index contributed by atoms with van der Waals surface area (Å²) < 4.78 is 3.95. The second kappa shape index (κ2) is 4.34. The molecule has 0 saturated carbocycles. The Hall–Kier alpha value is -1.89. The molecule has 0 radical (unpaired) electrons. The molecule has 100 valence electrons. The number of imidazole rings is 1. The van der Waals surface area contributed by atoms with E-state index >= 15 is 0 Å². The van der Waals surface area contributed by atoms with Gasteiger partial charge >= 0.3 is 0 Å². The second-order valence-electron chi connectivity index (χ2n) is 4.48. The summed E-state index contributed by atoms with van der Waals surface area (Å²) in [5, 5.41) is 5.54. The van der Waals surface area contributed by atoms with Gasteiger partial charge in [-0.05, 0) is 20.8 Å². The van der Waals surface area contributed by atoms with Crippen molar-refractivity contribution in [3.05, 3.63) is 21.8 Å². The zero-order valence-corrected chi connectivity index (χ0v) is 12.0. The fourth-order valence-electron chi connectivity index (χ4n) is 2.25. The van der Waals surface area contributed by atoms with E-state index in [9.17, 15) is 0 Å². The van der Waals surface area contributed by atoms with Crippen molar-refractivity contribution in [1.29, 1.82) is 0 Å². The van der Waals surface area contributed by atoms with Crippen LogP contribution in [0.2, 0.25) is 0 Å². The second-order valence-corrected chi connectivity index (χ2v) is 5.79. The molecule has 3 heterocycles. The van der Waals surface area contributed by atoms with Crippen LogP contribution in [-0.2, 0) is 13.1 Å². The van der Waals surface area contributed by atoms with Crippen LogP contribution < -0.4 is 5.73 Å². The fourth-order valence-corrected chi connectivity index (χ4v) is 3.04. The summed E-state index contributed by atoms with van der Waals surface area (Å²) in [4.78, 5) is 9.87. The van der Waals surface area contributed by atoms with Crippen molar-refractivity contribution in [2.75, 3.05) is 5.73 Å². The first-order valence-corrected chi connectivity index (χ1v) is 7.02. The Labute approximate surface area is 114 Å². The van der Waals surface area contributed by atoms with Crippen LogP contribution in [0.4, 0.5) is 5.95 Å². The predicted molar refractivity (Wildman–Crippen MR) is 76.3 cm³/mol. The van der Waals surface area contributed by atoms with E-state index in [4.69, 9.17) is 5.73 Å². The standard InChI is InChI=1S/C12H16N6S/c1-4-18-11-10(7(2)16-18)15-12(13)17(11)6-9-5-14-8(3)19-9/h5H,4,6H2,1-3H3,(H2,13,15). The molecular weight excluding hydrogens is 260 g/mol. The molecule has 0 atom stereocenters. The van der Waals surface area contributed by atoms with Crippen molar-refractivity contribution in [2.45, 2.75) is 33.9 Å². The van der Waals surface area contributed by atoms with E-state index < -0.39 is 0 Å². The van der Waals surface area contributed by atoms with Gasteiger partial charge in [-0.25, -0.2) is 14.6 Å². The van der Waals surface area contributed by atoms with Gasteiger partial charge in [0.25, 0.3) is 0 Å². The minimum absolute atomic E-state index is 0.531. The summed E-state index contributed by atoms with van der Waals surface area (Å²) in [6.45, 7) is 7.52. The third-order valence-electron chi connectivity index (χ3n) is 3.11. The largest absolute Gasteiger partial charge is 0.369 e. The predicted octanol–water partition coefficient (Wildman–Crippen LogP) is 1.96. The number of anilines is 1. The quantitative estimate of drug-likeness (QED) is 0.793. The van der Waals surface area contributed by atoms with Crippen molar-refractivity contribution < 1.29 is 0 Å². The summed E-state index contributed by atoms with van der Waals surface area (Å²) >= 11 is 1.68. The van der Waals surface area contributed by atoms with Crippen LogP contribution in [0.1, 0.15) is 22.5 Å². The molecule has 0 aromatic carbocycles. The van der Waals surface area contributed by atoms with Crippen LogP contribution in [0.3, 0.4) is 0 Å². The zero-order valence-electron chi connectivity index (χ0n) is 11.2. The molecule has 6 nitrogen and oxygen atoms in total.